The lowest BCUT2D eigenvalue weighted by Gasteiger charge is -2.34. The molecular weight excluding hydrogens is 490 g/mol. The standard InChI is InChI=1S/C27H33N5O6/c1-17-21(30-26(38-17)19-8-6-18(7-9-19)25(33)28-2)16-31-10-12-32(13-11-31)27(34)29-20-14-22(35-3)24(37-5)23(15-20)36-4/h6-9,14-15H,10-13,16H2,1-5H3,(H,28,33)(H,29,34). The number of methoxy groups -OCH3 is 3. The van der Waals surface area contributed by atoms with Gasteiger partial charge >= 0.3 is 6.03 Å². The molecule has 1 saturated heterocycles. The number of anilines is 1. The van der Waals surface area contributed by atoms with E-state index in [-0.39, 0.29) is 11.9 Å². The summed E-state index contributed by atoms with van der Waals surface area (Å²) in [5.74, 6) is 2.53. The van der Waals surface area contributed by atoms with Crippen molar-refractivity contribution >= 4 is 17.6 Å². The topological polar surface area (TPSA) is 118 Å². The van der Waals surface area contributed by atoms with Crippen LogP contribution in [0.2, 0.25) is 0 Å². The first-order valence-electron chi connectivity index (χ1n) is 12.2. The number of nitrogens with one attached hydrogen (secondary N) is 2. The van der Waals surface area contributed by atoms with E-state index < -0.39 is 0 Å². The molecule has 0 atom stereocenters. The molecule has 2 aromatic carbocycles. The van der Waals surface area contributed by atoms with Crippen molar-refractivity contribution < 1.29 is 28.2 Å². The summed E-state index contributed by atoms with van der Waals surface area (Å²) in [5, 5.41) is 5.53. The molecule has 0 saturated carbocycles. The van der Waals surface area contributed by atoms with Crippen LogP contribution in [0.5, 0.6) is 17.2 Å². The van der Waals surface area contributed by atoms with Gasteiger partial charge in [0.1, 0.15) is 5.76 Å². The summed E-state index contributed by atoms with van der Waals surface area (Å²) < 4.78 is 22.0. The number of carbonyl (C=O) groups excluding carboxylic acids is 2. The highest BCUT2D eigenvalue weighted by atomic mass is 16.5. The number of oxazole rings is 1. The van der Waals surface area contributed by atoms with E-state index in [1.807, 2.05) is 19.1 Å². The van der Waals surface area contributed by atoms with Gasteiger partial charge in [-0.1, -0.05) is 0 Å². The van der Waals surface area contributed by atoms with Gasteiger partial charge in [0.05, 0.1) is 32.7 Å². The predicted molar refractivity (Wildman–Crippen MR) is 142 cm³/mol. The molecule has 1 aliphatic heterocycles. The van der Waals surface area contributed by atoms with Crippen LogP contribution in [-0.4, -0.2) is 81.3 Å². The third-order valence-corrected chi connectivity index (χ3v) is 6.46. The van der Waals surface area contributed by atoms with Crippen LogP contribution in [-0.2, 0) is 6.54 Å². The second-order valence-electron chi connectivity index (χ2n) is 8.79. The molecule has 3 aromatic rings. The number of carbonyl (C=O) groups is 2. The molecule has 38 heavy (non-hydrogen) atoms. The zero-order chi connectivity index (χ0) is 27.2. The van der Waals surface area contributed by atoms with E-state index in [1.54, 1.807) is 36.2 Å². The number of hydrogen-bond acceptors (Lipinski definition) is 8. The fourth-order valence-electron chi connectivity index (χ4n) is 4.28. The molecule has 202 valence electrons. The Morgan fingerprint density at radius 1 is 0.974 bits per heavy atom. The van der Waals surface area contributed by atoms with Gasteiger partial charge in [-0.15, -0.1) is 0 Å². The number of ether oxygens (including phenoxy) is 3. The van der Waals surface area contributed by atoms with Crippen LogP contribution in [0.4, 0.5) is 10.5 Å². The van der Waals surface area contributed by atoms with Crippen molar-refractivity contribution in [2.75, 3.05) is 59.9 Å². The Hall–Kier alpha value is -4.25. The van der Waals surface area contributed by atoms with E-state index in [4.69, 9.17) is 18.6 Å². The molecule has 0 aliphatic carbocycles. The minimum atomic E-state index is -0.195. The van der Waals surface area contributed by atoms with Crippen molar-refractivity contribution in [3.8, 4) is 28.7 Å². The molecule has 0 bridgehead atoms. The molecule has 1 aromatic heterocycles. The monoisotopic (exact) mass is 523 g/mol. The largest absolute Gasteiger partial charge is 0.493 e. The second kappa shape index (κ2) is 11.9. The first-order valence-corrected chi connectivity index (χ1v) is 12.2. The predicted octanol–water partition coefficient (Wildman–Crippen LogP) is 3.39. The SMILES string of the molecule is CNC(=O)c1ccc(-c2nc(CN3CCN(C(=O)Nc4cc(OC)c(OC)c(OC)c4)CC3)c(C)o2)cc1. The summed E-state index contributed by atoms with van der Waals surface area (Å²) in [5.41, 5.74) is 2.79. The summed E-state index contributed by atoms with van der Waals surface area (Å²) in [6.07, 6.45) is 0. The number of hydrogen-bond donors (Lipinski definition) is 2. The third-order valence-electron chi connectivity index (χ3n) is 6.46. The first kappa shape index (κ1) is 26.8. The molecule has 11 heteroatoms. The zero-order valence-electron chi connectivity index (χ0n) is 22.3. The molecule has 1 aliphatic rings. The van der Waals surface area contributed by atoms with Gasteiger partial charge in [0.25, 0.3) is 5.91 Å². The molecular formula is C27H33N5O6. The average molecular weight is 524 g/mol. The number of aryl methyl sites for hydroxylation is 1. The number of rotatable bonds is 8. The van der Waals surface area contributed by atoms with Crippen LogP contribution in [0.3, 0.4) is 0 Å². The Morgan fingerprint density at radius 3 is 2.16 bits per heavy atom. The lowest BCUT2D eigenvalue weighted by Crippen LogP contribution is -2.49. The van der Waals surface area contributed by atoms with Gasteiger partial charge in [-0.3, -0.25) is 9.69 Å². The van der Waals surface area contributed by atoms with E-state index in [0.717, 1.165) is 17.0 Å². The van der Waals surface area contributed by atoms with E-state index >= 15 is 0 Å². The highest BCUT2D eigenvalue weighted by molar-refractivity contribution is 5.94. The van der Waals surface area contributed by atoms with Gasteiger partial charge < -0.3 is 34.2 Å². The average Bonchev–Trinajstić information content (AvgIpc) is 3.31. The quantitative estimate of drug-likeness (QED) is 0.461. The van der Waals surface area contributed by atoms with Gasteiger partial charge in [0.2, 0.25) is 11.6 Å². The van der Waals surface area contributed by atoms with Crippen LogP contribution in [0.25, 0.3) is 11.5 Å². The van der Waals surface area contributed by atoms with Crippen LogP contribution in [0, 0.1) is 6.92 Å². The summed E-state index contributed by atoms with van der Waals surface area (Å²) >= 11 is 0. The Labute approximate surface area is 221 Å². The molecule has 2 N–H and O–H groups in total. The lowest BCUT2D eigenvalue weighted by atomic mass is 10.1. The van der Waals surface area contributed by atoms with Crippen LogP contribution < -0.4 is 24.8 Å². The molecule has 4 rings (SSSR count). The maximum Gasteiger partial charge on any atom is 0.321 e. The number of benzene rings is 2. The minimum Gasteiger partial charge on any atom is -0.493 e. The summed E-state index contributed by atoms with van der Waals surface area (Å²) in [6, 6.07) is 10.3. The highest BCUT2D eigenvalue weighted by Crippen LogP contribution is 2.40. The molecule has 11 nitrogen and oxygen atoms in total. The zero-order valence-corrected chi connectivity index (χ0v) is 22.3. The Kier molecular flexibility index (Phi) is 8.37. The van der Waals surface area contributed by atoms with Crippen molar-refractivity contribution in [1.29, 1.82) is 0 Å². The second-order valence-corrected chi connectivity index (χ2v) is 8.79. The fraction of sp³-hybridized carbons (Fsp3) is 0.370. The Morgan fingerprint density at radius 2 is 1.61 bits per heavy atom. The van der Waals surface area contributed by atoms with E-state index in [2.05, 4.69) is 20.5 Å². The Balaban J connectivity index is 1.34. The maximum atomic E-state index is 12.9. The van der Waals surface area contributed by atoms with Crippen molar-refractivity contribution in [2.24, 2.45) is 0 Å². The van der Waals surface area contributed by atoms with Crippen molar-refractivity contribution in [3.05, 3.63) is 53.4 Å². The van der Waals surface area contributed by atoms with Crippen LogP contribution in [0.15, 0.2) is 40.8 Å². The van der Waals surface area contributed by atoms with E-state index in [1.165, 1.54) is 21.3 Å². The first-order chi connectivity index (χ1) is 18.4. The molecule has 2 heterocycles. The smallest absolute Gasteiger partial charge is 0.321 e. The number of urea groups is 1. The summed E-state index contributed by atoms with van der Waals surface area (Å²) in [6.45, 7) is 5.05. The lowest BCUT2D eigenvalue weighted by molar-refractivity contribution is 0.0963. The van der Waals surface area contributed by atoms with Gasteiger partial charge in [0.15, 0.2) is 11.5 Å². The number of aromatic nitrogens is 1. The van der Waals surface area contributed by atoms with E-state index in [0.29, 0.717) is 67.1 Å². The van der Waals surface area contributed by atoms with Crippen LogP contribution in [0.1, 0.15) is 21.8 Å². The van der Waals surface area contributed by atoms with E-state index in [9.17, 15) is 9.59 Å². The van der Waals surface area contributed by atoms with Gasteiger partial charge in [-0.2, -0.15) is 0 Å². The number of amides is 3. The van der Waals surface area contributed by atoms with Gasteiger partial charge in [-0.05, 0) is 31.2 Å². The minimum absolute atomic E-state index is 0.142. The Bertz CT molecular complexity index is 1260. The van der Waals surface area contributed by atoms with Crippen molar-refractivity contribution in [1.82, 2.24) is 20.1 Å². The van der Waals surface area contributed by atoms with Gasteiger partial charge in [-0.25, -0.2) is 9.78 Å². The molecule has 0 radical (unpaired) electrons. The van der Waals surface area contributed by atoms with Crippen molar-refractivity contribution in [2.45, 2.75) is 13.5 Å². The van der Waals surface area contributed by atoms with Gasteiger partial charge in [0, 0.05) is 63.0 Å². The molecule has 3 amide bonds. The third kappa shape index (κ3) is 5.83. The van der Waals surface area contributed by atoms with Crippen LogP contribution >= 0.6 is 0 Å². The molecule has 1 fully saturated rings. The summed E-state index contributed by atoms with van der Waals surface area (Å²) in [4.78, 5) is 33.4. The van der Waals surface area contributed by atoms with Crippen molar-refractivity contribution in [3.63, 3.8) is 0 Å². The highest BCUT2D eigenvalue weighted by Gasteiger charge is 2.24. The fourth-order valence-corrected chi connectivity index (χ4v) is 4.28. The normalized spacial score (nSPS) is 13.7. The summed E-state index contributed by atoms with van der Waals surface area (Å²) in [7, 11) is 6.20. The number of nitrogens with zero attached hydrogens (tertiary/aromatic N) is 3. The molecule has 0 spiro atoms. The number of piperazine rings is 1. The molecule has 0 unspecified atom stereocenters. The maximum absolute atomic E-state index is 12.9.